The van der Waals surface area contributed by atoms with Crippen LogP contribution in [0, 0.1) is 0 Å². The molecule has 130 valence electrons. The lowest BCUT2D eigenvalue weighted by Crippen LogP contribution is -2.06. The van der Waals surface area contributed by atoms with Crippen LogP contribution >= 0.6 is 0 Å². The van der Waals surface area contributed by atoms with Crippen LogP contribution in [0.25, 0.3) is 22.6 Å². The van der Waals surface area contributed by atoms with Crippen LogP contribution in [0.5, 0.6) is 0 Å². The number of benzene rings is 1. The summed E-state index contributed by atoms with van der Waals surface area (Å²) < 4.78 is 41.0. The maximum absolute atomic E-state index is 13.0. The lowest BCUT2D eigenvalue weighted by Gasteiger charge is -2.11. The predicted octanol–water partition coefficient (Wildman–Crippen LogP) is 5.40. The van der Waals surface area contributed by atoms with Gasteiger partial charge in [0.2, 0.25) is 0 Å². The highest BCUT2D eigenvalue weighted by Crippen LogP contribution is 2.42. The van der Waals surface area contributed by atoms with Crippen LogP contribution < -0.4 is 0 Å². The quantitative estimate of drug-likeness (QED) is 0.633. The maximum Gasteiger partial charge on any atom is 0.417 e. The van der Waals surface area contributed by atoms with Crippen molar-refractivity contribution < 1.29 is 13.2 Å². The van der Waals surface area contributed by atoms with Crippen molar-refractivity contribution in [3.8, 4) is 11.4 Å². The molecule has 0 N–H and O–H groups in total. The highest BCUT2D eigenvalue weighted by Gasteiger charge is 2.34. The third-order valence-corrected chi connectivity index (χ3v) is 4.55. The van der Waals surface area contributed by atoms with Gasteiger partial charge in [-0.3, -0.25) is 0 Å². The Bertz CT molecular complexity index is 923. The van der Waals surface area contributed by atoms with Crippen LogP contribution in [0.3, 0.4) is 0 Å². The second kappa shape index (κ2) is 5.86. The summed E-state index contributed by atoms with van der Waals surface area (Å²) in [5.74, 6) is 0.730. The molecule has 0 saturated heterocycles. The summed E-state index contributed by atoms with van der Waals surface area (Å²) in [6, 6.07) is 9.37. The first-order valence-electron chi connectivity index (χ1n) is 8.52. The average molecular weight is 345 g/mol. The molecule has 0 atom stereocenters. The first-order valence-corrected chi connectivity index (χ1v) is 8.52. The Morgan fingerprint density at radius 1 is 1.20 bits per heavy atom. The Hall–Kier alpha value is -2.37. The fourth-order valence-electron chi connectivity index (χ4n) is 3.23. The summed E-state index contributed by atoms with van der Waals surface area (Å²) in [5, 5.41) is 0. The van der Waals surface area contributed by atoms with E-state index in [4.69, 9.17) is 0 Å². The molecular weight excluding hydrogens is 327 g/mol. The second-order valence-corrected chi connectivity index (χ2v) is 6.51. The molecule has 0 unspecified atom stereocenters. The molecule has 0 aliphatic heterocycles. The normalized spacial score (nSPS) is 15.0. The number of pyridine rings is 1. The number of rotatable bonds is 4. The number of imidazole rings is 1. The predicted molar refractivity (Wildman–Crippen MR) is 90.2 cm³/mol. The van der Waals surface area contributed by atoms with E-state index < -0.39 is 11.7 Å². The van der Waals surface area contributed by atoms with E-state index in [0.29, 0.717) is 11.2 Å². The standard InChI is InChI=1S/C19H18F3N3/c1-2-5-12-6-3-4-7-15(12)17-24-16-10-13(19(20,21)22)11-23-18(16)25(17)14-8-9-14/h3-4,6-7,10-11,14H,2,5,8-9H2,1H3. The second-order valence-electron chi connectivity index (χ2n) is 6.51. The highest BCUT2D eigenvalue weighted by molar-refractivity contribution is 5.79. The zero-order valence-corrected chi connectivity index (χ0v) is 13.8. The topological polar surface area (TPSA) is 30.7 Å². The largest absolute Gasteiger partial charge is 0.417 e. The fraction of sp³-hybridized carbons (Fsp3) is 0.368. The molecule has 6 heteroatoms. The van der Waals surface area contributed by atoms with Crippen LogP contribution in [-0.2, 0) is 12.6 Å². The first kappa shape index (κ1) is 16.1. The Morgan fingerprint density at radius 2 is 1.96 bits per heavy atom. The molecule has 1 aliphatic carbocycles. The van der Waals surface area contributed by atoms with Crippen molar-refractivity contribution >= 4 is 11.2 Å². The minimum absolute atomic E-state index is 0.277. The third-order valence-electron chi connectivity index (χ3n) is 4.55. The monoisotopic (exact) mass is 345 g/mol. The zero-order valence-electron chi connectivity index (χ0n) is 13.8. The fourth-order valence-corrected chi connectivity index (χ4v) is 3.23. The Morgan fingerprint density at radius 3 is 2.64 bits per heavy atom. The molecule has 2 heterocycles. The molecule has 1 fully saturated rings. The molecule has 2 aromatic heterocycles. The smallest absolute Gasteiger partial charge is 0.306 e. The van der Waals surface area contributed by atoms with Gasteiger partial charge in [-0.1, -0.05) is 37.6 Å². The molecule has 0 spiro atoms. The zero-order chi connectivity index (χ0) is 17.6. The van der Waals surface area contributed by atoms with Gasteiger partial charge in [0.25, 0.3) is 0 Å². The number of alkyl halides is 3. The SMILES string of the molecule is CCCc1ccccc1-c1nc2cc(C(F)(F)F)cnc2n1C1CC1. The number of fused-ring (bicyclic) bond motifs is 1. The Labute approximate surface area is 143 Å². The third kappa shape index (κ3) is 2.90. The number of hydrogen-bond donors (Lipinski definition) is 0. The van der Waals surface area contributed by atoms with Gasteiger partial charge in [0.05, 0.1) is 5.56 Å². The van der Waals surface area contributed by atoms with Gasteiger partial charge in [-0.25, -0.2) is 9.97 Å². The van der Waals surface area contributed by atoms with Crippen LogP contribution in [0.15, 0.2) is 36.5 Å². The molecule has 1 aliphatic rings. The van der Waals surface area contributed by atoms with E-state index in [-0.39, 0.29) is 6.04 Å². The number of aromatic nitrogens is 3. The van der Waals surface area contributed by atoms with Crippen LogP contribution in [0.4, 0.5) is 13.2 Å². The lowest BCUT2D eigenvalue weighted by molar-refractivity contribution is -0.137. The van der Waals surface area contributed by atoms with Crippen molar-refractivity contribution in [1.29, 1.82) is 0 Å². The number of nitrogens with zero attached hydrogens (tertiary/aromatic N) is 3. The van der Waals surface area contributed by atoms with Crippen molar-refractivity contribution in [3.63, 3.8) is 0 Å². The minimum atomic E-state index is -4.41. The van der Waals surface area contributed by atoms with Gasteiger partial charge >= 0.3 is 6.18 Å². The van der Waals surface area contributed by atoms with Gasteiger partial charge in [0, 0.05) is 17.8 Å². The molecule has 0 radical (unpaired) electrons. The van der Waals surface area contributed by atoms with Gasteiger partial charge in [-0.2, -0.15) is 13.2 Å². The first-order chi connectivity index (χ1) is 12.0. The number of aryl methyl sites for hydroxylation is 1. The van der Waals surface area contributed by atoms with Gasteiger partial charge in [0.1, 0.15) is 11.3 Å². The average Bonchev–Trinajstić information content (AvgIpc) is 3.34. The lowest BCUT2D eigenvalue weighted by atomic mass is 10.0. The highest BCUT2D eigenvalue weighted by atomic mass is 19.4. The molecule has 0 amide bonds. The van der Waals surface area contributed by atoms with E-state index in [1.54, 1.807) is 0 Å². The molecule has 4 rings (SSSR count). The van der Waals surface area contributed by atoms with E-state index in [1.165, 1.54) is 5.56 Å². The number of hydrogen-bond acceptors (Lipinski definition) is 2. The van der Waals surface area contributed by atoms with Crippen LogP contribution in [0.1, 0.15) is 43.4 Å². The summed E-state index contributed by atoms with van der Waals surface area (Å²) in [7, 11) is 0. The number of halogens is 3. The summed E-state index contributed by atoms with van der Waals surface area (Å²) in [6.45, 7) is 2.11. The molecule has 0 bridgehead atoms. The molecule has 1 saturated carbocycles. The molecular formula is C19H18F3N3. The maximum atomic E-state index is 13.0. The van der Waals surface area contributed by atoms with E-state index in [1.807, 2.05) is 22.8 Å². The van der Waals surface area contributed by atoms with Gasteiger partial charge < -0.3 is 4.57 Å². The van der Waals surface area contributed by atoms with E-state index in [0.717, 1.165) is 49.3 Å². The van der Waals surface area contributed by atoms with E-state index in [2.05, 4.69) is 23.0 Å². The van der Waals surface area contributed by atoms with Crippen molar-refractivity contribution in [2.45, 2.75) is 44.8 Å². The molecule has 25 heavy (non-hydrogen) atoms. The van der Waals surface area contributed by atoms with Crippen molar-refractivity contribution in [2.24, 2.45) is 0 Å². The molecule has 3 nitrogen and oxygen atoms in total. The van der Waals surface area contributed by atoms with Crippen molar-refractivity contribution in [1.82, 2.24) is 14.5 Å². The van der Waals surface area contributed by atoms with Gasteiger partial charge in [-0.05, 0) is 30.9 Å². The van der Waals surface area contributed by atoms with Crippen molar-refractivity contribution in [3.05, 3.63) is 47.7 Å². The van der Waals surface area contributed by atoms with Crippen LogP contribution in [0.2, 0.25) is 0 Å². The van der Waals surface area contributed by atoms with Crippen molar-refractivity contribution in [2.75, 3.05) is 0 Å². The summed E-state index contributed by atoms with van der Waals surface area (Å²) in [5.41, 5.74) is 2.25. The van der Waals surface area contributed by atoms with E-state index >= 15 is 0 Å². The summed E-state index contributed by atoms with van der Waals surface area (Å²) in [4.78, 5) is 8.67. The minimum Gasteiger partial charge on any atom is -0.306 e. The van der Waals surface area contributed by atoms with E-state index in [9.17, 15) is 13.2 Å². The Balaban J connectivity index is 1.93. The van der Waals surface area contributed by atoms with Gasteiger partial charge in [-0.15, -0.1) is 0 Å². The molecule has 3 aromatic rings. The molecule has 1 aromatic carbocycles. The van der Waals surface area contributed by atoms with Crippen LogP contribution in [-0.4, -0.2) is 14.5 Å². The summed E-state index contributed by atoms with van der Waals surface area (Å²) >= 11 is 0. The van der Waals surface area contributed by atoms with Gasteiger partial charge in [0.15, 0.2) is 5.65 Å². The summed E-state index contributed by atoms with van der Waals surface area (Å²) in [6.07, 6.45) is 0.423. The Kier molecular flexibility index (Phi) is 3.78.